The maximum absolute atomic E-state index is 12.7. The summed E-state index contributed by atoms with van der Waals surface area (Å²) in [5.74, 6) is -2.00. The van der Waals surface area contributed by atoms with E-state index in [1.54, 1.807) is 20.8 Å². The molecule has 0 bridgehead atoms. The van der Waals surface area contributed by atoms with Crippen LogP contribution in [0.25, 0.3) is 0 Å². The molecule has 0 aliphatic rings. The highest BCUT2D eigenvalue weighted by Gasteiger charge is 2.43. The molecule has 0 saturated carbocycles. The van der Waals surface area contributed by atoms with Gasteiger partial charge < -0.3 is 18.5 Å². The van der Waals surface area contributed by atoms with Crippen molar-refractivity contribution in [1.82, 2.24) is 0 Å². The van der Waals surface area contributed by atoms with E-state index in [9.17, 15) is 9.36 Å². The summed E-state index contributed by atoms with van der Waals surface area (Å²) in [5.41, 5.74) is 0. The predicted octanol–water partition coefficient (Wildman–Crippen LogP) is 3.74. The maximum atomic E-state index is 12.7. The highest BCUT2D eigenvalue weighted by molar-refractivity contribution is 7.55. The lowest BCUT2D eigenvalue weighted by atomic mass is 10.2. The first-order chi connectivity index (χ1) is 10.1. The second-order valence-electron chi connectivity index (χ2n) is 4.41. The molecule has 0 aliphatic heterocycles. The first kappa shape index (κ1) is 20.6. The van der Waals surface area contributed by atoms with Crippen molar-refractivity contribution >= 4 is 13.6 Å². The number of esters is 1. The molecule has 0 radical (unpaired) electrons. The van der Waals surface area contributed by atoms with Gasteiger partial charge in [-0.3, -0.25) is 4.57 Å². The molecule has 0 aromatic rings. The smallest absolute Gasteiger partial charge is 0.370 e. The minimum absolute atomic E-state index is 0.173. The van der Waals surface area contributed by atoms with Crippen molar-refractivity contribution in [2.24, 2.45) is 0 Å². The Morgan fingerprint density at radius 2 is 1.57 bits per heavy atom. The molecule has 126 valence electrons. The summed E-state index contributed by atoms with van der Waals surface area (Å²) < 4.78 is 33.5. The number of hydrogen-bond acceptors (Lipinski definition) is 6. The Labute approximate surface area is 128 Å². The predicted molar refractivity (Wildman–Crippen MR) is 81.4 cm³/mol. The topological polar surface area (TPSA) is 71.1 Å². The van der Waals surface area contributed by atoms with Gasteiger partial charge in [-0.2, -0.15) is 0 Å². The molecule has 0 heterocycles. The number of unbranched alkanes of at least 4 members (excludes halogenated alkanes) is 3. The van der Waals surface area contributed by atoms with E-state index in [0.29, 0.717) is 6.61 Å². The zero-order valence-electron chi connectivity index (χ0n) is 13.6. The lowest BCUT2D eigenvalue weighted by molar-refractivity contribution is -0.152. The fourth-order valence-electron chi connectivity index (χ4n) is 1.76. The van der Waals surface area contributed by atoms with Gasteiger partial charge in [-0.05, 0) is 27.2 Å². The van der Waals surface area contributed by atoms with Gasteiger partial charge in [0.25, 0.3) is 5.85 Å². The SMILES string of the molecule is CCCCCCOC(C(=O)OCC)P(=O)(OCC)OCC. The minimum Gasteiger partial charge on any atom is -0.464 e. The second kappa shape index (κ2) is 12.2. The van der Waals surface area contributed by atoms with Crippen LogP contribution in [-0.4, -0.2) is 38.2 Å². The van der Waals surface area contributed by atoms with Gasteiger partial charge in [0.1, 0.15) is 0 Å². The number of rotatable bonds is 13. The molecular formula is C14H29O6P. The fourth-order valence-corrected chi connectivity index (χ4v) is 3.44. The Kier molecular flexibility index (Phi) is 11.9. The lowest BCUT2D eigenvalue weighted by Gasteiger charge is -2.24. The molecule has 1 unspecified atom stereocenters. The van der Waals surface area contributed by atoms with Crippen molar-refractivity contribution in [2.45, 2.75) is 59.2 Å². The lowest BCUT2D eigenvalue weighted by Crippen LogP contribution is -2.29. The molecule has 0 rings (SSSR count). The fraction of sp³-hybridized carbons (Fsp3) is 0.929. The first-order valence-corrected chi connectivity index (χ1v) is 9.33. The van der Waals surface area contributed by atoms with Crippen LogP contribution in [0.4, 0.5) is 0 Å². The standard InChI is InChI=1S/C14H29O6P/c1-5-9-10-11-12-18-14(13(15)17-6-2)21(16,19-7-3)20-8-4/h14H,5-12H2,1-4H3. The Bertz CT molecular complexity index is 311. The van der Waals surface area contributed by atoms with Crippen molar-refractivity contribution in [1.29, 1.82) is 0 Å². The average Bonchev–Trinajstić information content (AvgIpc) is 2.43. The van der Waals surface area contributed by atoms with Crippen molar-refractivity contribution in [3.8, 4) is 0 Å². The largest absolute Gasteiger partial charge is 0.464 e. The third kappa shape index (κ3) is 7.96. The minimum atomic E-state index is -3.67. The normalized spacial score (nSPS) is 13.1. The number of carbonyl (C=O) groups excluding carboxylic acids is 1. The summed E-state index contributed by atoms with van der Waals surface area (Å²) >= 11 is 0. The van der Waals surface area contributed by atoms with Crippen molar-refractivity contribution in [3.63, 3.8) is 0 Å². The van der Waals surface area contributed by atoms with Crippen LogP contribution < -0.4 is 0 Å². The van der Waals surface area contributed by atoms with Gasteiger partial charge in [0.15, 0.2) is 0 Å². The van der Waals surface area contributed by atoms with E-state index in [-0.39, 0.29) is 19.8 Å². The van der Waals surface area contributed by atoms with E-state index in [1.165, 1.54) is 0 Å². The molecule has 0 N–H and O–H groups in total. The van der Waals surface area contributed by atoms with Crippen LogP contribution in [0.1, 0.15) is 53.4 Å². The molecule has 7 heteroatoms. The van der Waals surface area contributed by atoms with Crippen LogP contribution in [0.15, 0.2) is 0 Å². The molecule has 21 heavy (non-hydrogen) atoms. The van der Waals surface area contributed by atoms with E-state index in [2.05, 4.69) is 6.92 Å². The zero-order chi connectivity index (χ0) is 16.1. The van der Waals surface area contributed by atoms with Crippen molar-refractivity contribution in [2.75, 3.05) is 26.4 Å². The van der Waals surface area contributed by atoms with E-state index in [4.69, 9.17) is 18.5 Å². The van der Waals surface area contributed by atoms with E-state index >= 15 is 0 Å². The van der Waals surface area contributed by atoms with Crippen LogP contribution in [0, 0.1) is 0 Å². The highest BCUT2D eigenvalue weighted by Crippen LogP contribution is 2.53. The maximum Gasteiger partial charge on any atom is 0.370 e. The van der Waals surface area contributed by atoms with Gasteiger partial charge in [0.05, 0.1) is 19.8 Å². The van der Waals surface area contributed by atoms with Crippen LogP contribution in [-0.2, 0) is 27.9 Å². The Morgan fingerprint density at radius 3 is 2.05 bits per heavy atom. The third-order valence-electron chi connectivity index (χ3n) is 2.67. The van der Waals surface area contributed by atoms with Crippen LogP contribution in [0.2, 0.25) is 0 Å². The highest BCUT2D eigenvalue weighted by atomic mass is 31.2. The number of ether oxygens (including phenoxy) is 2. The molecule has 0 spiro atoms. The summed E-state index contributed by atoms with van der Waals surface area (Å²) in [4.78, 5) is 12.0. The molecule has 0 aliphatic carbocycles. The van der Waals surface area contributed by atoms with Crippen LogP contribution in [0.3, 0.4) is 0 Å². The third-order valence-corrected chi connectivity index (χ3v) is 4.84. The van der Waals surface area contributed by atoms with Gasteiger partial charge in [-0.1, -0.05) is 26.2 Å². The summed E-state index contributed by atoms with van der Waals surface area (Å²) in [6.07, 6.45) is 4.00. The molecule has 1 atom stereocenters. The first-order valence-electron chi connectivity index (χ1n) is 7.72. The molecule has 0 aromatic carbocycles. The molecule has 0 saturated heterocycles. The molecule has 0 fully saturated rings. The molecule has 6 nitrogen and oxygen atoms in total. The Morgan fingerprint density at radius 1 is 0.952 bits per heavy atom. The number of carbonyl (C=O) groups is 1. The van der Waals surface area contributed by atoms with Crippen molar-refractivity contribution in [3.05, 3.63) is 0 Å². The van der Waals surface area contributed by atoms with Crippen LogP contribution >= 0.6 is 7.60 Å². The van der Waals surface area contributed by atoms with Gasteiger partial charge in [0.2, 0.25) is 0 Å². The number of hydrogen-bond donors (Lipinski definition) is 0. The van der Waals surface area contributed by atoms with E-state index < -0.39 is 19.4 Å². The molecule has 0 amide bonds. The van der Waals surface area contributed by atoms with Gasteiger partial charge in [-0.15, -0.1) is 0 Å². The Balaban J connectivity index is 4.76. The van der Waals surface area contributed by atoms with Gasteiger partial charge >= 0.3 is 13.6 Å². The zero-order valence-corrected chi connectivity index (χ0v) is 14.5. The van der Waals surface area contributed by atoms with Gasteiger partial charge in [-0.25, -0.2) is 4.79 Å². The van der Waals surface area contributed by atoms with E-state index in [0.717, 1.165) is 25.7 Å². The summed E-state index contributed by atoms with van der Waals surface area (Å²) in [6.45, 7) is 8.03. The second-order valence-corrected chi connectivity index (χ2v) is 6.48. The molecule has 0 aromatic heterocycles. The summed E-state index contributed by atoms with van der Waals surface area (Å²) in [5, 5.41) is 0. The summed E-state index contributed by atoms with van der Waals surface area (Å²) in [7, 11) is -3.67. The molecular weight excluding hydrogens is 295 g/mol. The quantitative estimate of drug-likeness (QED) is 0.292. The summed E-state index contributed by atoms with van der Waals surface area (Å²) in [6, 6.07) is 0. The van der Waals surface area contributed by atoms with Gasteiger partial charge in [0, 0.05) is 6.61 Å². The van der Waals surface area contributed by atoms with Crippen molar-refractivity contribution < 1.29 is 27.9 Å². The van der Waals surface area contributed by atoms with E-state index in [1.807, 2.05) is 0 Å². The Hall–Kier alpha value is -0.420. The monoisotopic (exact) mass is 324 g/mol. The van der Waals surface area contributed by atoms with Crippen LogP contribution in [0.5, 0.6) is 0 Å². The average molecular weight is 324 g/mol.